The van der Waals surface area contributed by atoms with E-state index in [4.69, 9.17) is 5.11 Å². The quantitative estimate of drug-likeness (QED) is 0.352. The van der Waals surface area contributed by atoms with Crippen LogP contribution in [-0.2, 0) is 4.79 Å². The Balaban J connectivity index is 1.61. The van der Waals surface area contributed by atoms with Crippen LogP contribution in [0.1, 0.15) is 85.0 Å². The summed E-state index contributed by atoms with van der Waals surface area (Å²) in [5.41, 5.74) is 0.172. The SMILES string of the molecule is C=CC[C@H]1C[C@@H]2[C@H](CC[C@]3(C)[C@@H]([C@H](C)CCC(=O)O)CC[C@@H]23)[C@@]2(C)CC(O)C(O)(O)C[C@@H]12. The van der Waals surface area contributed by atoms with Crippen LogP contribution in [-0.4, -0.2) is 38.3 Å². The highest BCUT2D eigenvalue weighted by Gasteiger charge is 2.64. The second kappa shape index (κ2) is 8.39. The lowest BCUT2D eigenvalue weighted by atomic mass is 9.41. The van der Waals surface area contributed by atoms with Gasteiger partial charge in [-0.05, 0) is 104 Å². The highest BCUT2D eigenvalue weighted by Crippen LogP contribution is 2.70. The molecule has 0 spiro atoms. The van der Waals surface area contributed by atoms with Gasteiger partial charge in [-0.2, -0.15) is 0 Å². The number of aliphatic carboxylic acids is 1. The van der Waals surface area contributed by atoms with Gasteiger partial charge >= 0.3 is 5.97 Å². The zero-order chi connectivity index (χ0) is 23.5. The molecule has 0 radical (unpaired) electrons. The van der Waals surface area contributed by atoms with Crippen molar-refractivity contribution in [2.45, 2.75) is 96.9 Å². The molecule has 4 aliphatic rings. The highest BCUT2D eigenvalue weighted by molar-refractivity contribution is 5.66. The van der Waals surface area contributed by atoms with E-state index >= 15 is 0 Å². The first-order valence-corrected chi connectivity index (χ1v) is 12.9. The number of carboxylic acids is 1. The number of aliphatic hydroxyl groups excluding tert-OH is 1. The number of carboxylic acid groups (broad SMARTS) is 1. The molecule has 0 aromatic heterocycles. The van der Waals surface area contributed by atoms with Crippen LogP contribution >= 0.6 is 0 Å². The second-order valence-corrected chi connectivity index (χ2v) is 12.4. The molecule has 0 heterocycles. The van der Waals surface area contributed by atoms with Crippen molar-refractivity contribution >= 4 is 5.97 Å². The largest absolute Gasteiger partial charge is 0.481 e. The fourth-order valence-electron chi connectivity index (χ4n) is 9.51. The van der Waals surface area contributed by atoms with E-state index in [0.717, 1.165) is 32.1 Å². The van der Waals surface area contributed by atoms with Crippen molar-refractivity contribution in [3.63, 3.8) is 0 Å². The predicted molar refractivity (Wildman–Crippen MR) is 123 cm³/mol. The summed E-state index contributed by atoms with van der Waals surface area (Å²) in [7, 11) is 0. The highest BCUT2D eigenvalue weighted by atomic mass is 16.5. The molecule has 0 aromatic carbocycles. The molecule has 1 unspecified atom stereocenters. The fourth-order valence-corrected chi connectivity index (χ4v) is 9.51. The summed E-state index contributed by atoms with van der Waals surface area (Å²) in [6.45, 7) is 11.0. The van der Waals surface area contributed by atoms with Gasteiger partial charge in [0.05, 0.1) is 0 Å². The number of carbonyl (C=O) groups is 1. The number of allylic oxidation sites excluding steroid dienone is 1. The minimum Gasteiger partial charge on any atom is -0.481 e. The number of hydrogen-bond donors (Lipinski definition) is 4. The van der Waals surface area contributed by atoms with Crippen LogP contribution in [0, 0.1) is 52.3 Å². The molecular weight excluding hydrogens is 404 g/mol. The molecule has 4 N–H and O–H groups in total. The van der Waals surface area contributed by atoms with Gasteiger partial charge in [-0.15, -0.1) is 6.58 Å². The maximum Gasteiger partial charge on any atom is 0.303 e. The molecule has 5 nitrogen and oxygen atoms in total. The normalized spacial score (nSPS) is 48.2. The Kier molecular flexibility index (Phi) is 6.35. The minimum atomic E-state index is -1.99. The molecule has 4 fully saturated rings. The van der Waals surface area contributed by atoms with E-state index in [9.17, 15) is 20.1 Å². The van der Waals surface area contributed by atoms with Crippen LogP contribution in [0.25, 0.3) is 0 Å². The van der Waals surface area contributed by atoms with Crippen LogP contribution in [0.15, 0.2) is 12.7 Å². The summed E-state index contributed by atoms with van der Waals surface area (Å²) in [5, 5.41) is 40.8. The van der Waals surface area contributed by atoms with Gasteiger partial charge in [0.2, 0.25) is 0 Å². The Morgan fingerprint density at radius 2 is 1.78 bits per heavy atom. The maximum absolute atomic E-state index is 11.1. The van der Waals surface area contributed by atoms with Gasteiger partial charge in [0.15, 0.2) is 5.79 Å². The maximum atomic E-state index is 11.1. The number of aliphatic hydroxyl groups is 3. The van der Waals surface area contributed by atoms with E-state index in [-0.39, 0.29) is 29.6 Å². The first-order valence-electron chi connectivity index (χ1n) is 12.9. The van der Waals surface area contributed by atoms with E-state index < -0.39 is 17.9 Å². The molecule has 5 heteroatoms. The summed E-state index contributed by atoms with van der Waals surface area (Å²) in [5.74, 6) is 0.614. The van der Waals surface area contributed by atoms with Gasteiger partial charge in [-0.25, -0.2) is 0 Å². The van der Waals surface area contributed by atoms with Crippen molar-refractivity contribution in [3.05, 3.63) is 12.7 Å². The molecule has 4 saturated carbocycles. The van der Waals surface area contributed by atoms with Gasteiger partial charge in [0, 0.05) is 12.8 Å². The molecule has 32 heavy (non-hydrogen) atoms. The topological polar surface area (TPSA) is 98.0 Å². The molecule has 0 saturated heterocycles. The smallest absolute Gasteiger partial charge is 0.303 e. The third kappa shape index (κ3) is 3.76. The number of rotatable bonds is 6. The predicted octanol–water partition coefficient (Wildman–Crippen LogP) is 4.60. The molecule has 10 atom stereocenters. The van der Waals surface area contributed by atoms with E-state index in [1.807, 2.05) is 6.08 Å². The second-order valence-electron chi connectivity index (χ2n) is 12.4. The van der Waals surface area contributed by atoms with Crippen molar-refractivity contribution in [1.29, 1.82) is 0 Å². The molecule has 182 valence electrons. The van der Waals surface area contributed by atoms with Crippen LogP contribution in [0.3, 0.4) is 0 Å². The van der Waals surface area contributed by atoms with Crippen LogP contribution < -0.4 is 0 Å². The summed E-state index contributed by atoms with van der Waals surface area (Å²) in [6.07, 6.45) is 9.32. The fraction of sp³-hybridized carbons (Fsp3) is 0.889. The van der Waals surface area contributed by atoms with Crippen molar-refractivity contribution in [1.82, 2.24) is 0 Å². The minimum absolute atomic E-state index is 0.0840. The standard InChI is InChI=1S/C27H44O5/c1-5-6-17-13-18-20-9-8-19(16(2)7-10-24(29)30)25(20,3)12-11-21(18)26(4)15-23(28)27(31,32)14-22(17)26/h5,16-23,28,31-32H,1,6-15H2,2-4H3,(H,29,30)/t16-,17+,18+,19-,20+,21+,22+,23?,25-,26-/m1/s1. The van der Waals surface area contributed by atoms with E-state index in [1.165, 1.54) is 12.8 Å². The lowest BCUT2D eigenvalue weighted by Gasteiger charge is -2.64. The lowest BCUT2D eigenvalue weighted by Crippen LogP contribution is -2.62. The average Bonchev–Trinajstić information content (AvgIpc) is 3.06. The van der Waals surface area contributed by atoms with Crippen molar-refractivity contribution in [2.75, 3.05) is 0 Å². The Bertz CT molecular complexity index is 734. The average molecular weight is 449 g/mol. The monoisotopic (exact) mass is 448 g/mol. The summed E-state index contributed by atoms with van der Waals surface area (Å²) < 4.78 is 0. The van der Waals surface area contributed by atoms with Crippen LogP contribution in [0.4, 0.5) is 0 Å². The zero-order valence-electron chi connectivity index (χ0n) is 20.2. The summed E-state index contributed by atoms with van der Waals surface area (Å²) in [4.78, 5) is 11.1. The Morgan fingerprint density at radius 1 is 1.09 bits per heavy atom. The molecule has 0 bridgehead atoms. The Labute approximate surface area is 193 Å². The summed E-state index contributed by atoms with van der Waals surface area (Å²) in [6, 6.07) is 0. The third-order valence-corrected chi connectivity index (χ3v) is 11.0. The van der Waals surface area contributed by atoms with Gasteiger partial charge in [0.1, 0.15) is 6.10 Å². The van der Waals surface area contributed by atoms with Gasteiger partial charge in [-0.1, -0.05) is 26.8 Å². The Morgan fingerprint density at radius 3 is 2.44 bits per heavy atom. The molecule has 0 aromatic rings. The third-order valence-electron chi connectivity index (χ3n) is 11.0. The van der Waals surface area contributed by atoms with Crippen molar-refractivity contribution in [3.8, 4) is 0 Å². The lowest BCUT2D eigenvalue weighted by molar-refractivity contribution is -0.291. The molecule has 0 aliphatic heterocycles. The Hall–Kier alpha value is -0.910. The van der Waals surface area contributed by atoms with Crippen LogP contribution in [0.5, 0.6) is 0 Å². The number of fused-ring (bicyclic) bond motifs is 5. The number of hydrogen-bond acceptors (Lipinski definition) is 4. The molecule has 4 aliphatic carbocycles. The van der Waals surface area contributed by atoms with E-state index in [0.29, 0.717) is 41.9 Å². The van der Waals surface area contributed by atoms with Gasteiger partial charge in [0.25, 0.3) is 0 Å². The molecule has 0 amide bonds. The van der Waals surface area contributed by atoms with Gasteiger partial charge in [-0.3, -0.25) is 4.79 Å². The van der Waals surface area contributed by atoms with Gasteiger partial charge < -0.3 is 20.4 Å². The van der Waals surface area contributed by atoms with Crippen LogP contribution in [0.2, 0.25) is 0 Å². The van der Waals surface area contributed by atoms with E-state index in [1.54, 1.807) is 0 Å². The summed E-state index contributed by atoms with van der Waals surface area (Å²) >= 11 is 0. The molecule has 4 rings (SSSR count). The van der Waals surface area contributed by atoms with Crippen molar-refractivity contribution < 1.29 is 25.2 Å². The first kappa shape index (κ1) is 24.2. The molecular formula is C27H44O5. The van der Waals surface area contributed by atoms with Crippen molar-refractivity contribution in [2.24, 2.45) is 52.3 Å². The first-order chi connectivity index (χ1) is 14.9. The van der Waals surface area contributed by atoms with E-state index in [2.05, 4.69) is 27.4 Å². The zero-order valence-corrected chi connectivity index (χ0v) is 20.2.